The first-order chi connectivity index (χ1) is 12.6. The van der Waals surface area contributed by atoms with Crippen molar-refractivity contribution in [3.63, 3.8) is 0 Å². The number of fused-ring (bicyclic) bond motifs is 1. The molecule has 3 rings (SSSR count). The molecular weight excluding hydrogens is 324 g/mol. The lowest BCUT2D eigenvalue weighted by atomic mass is 9.78. The highest BCUT2D eigenvalue weighted by Crippen LogP contribution is 2.36. The highest BCUT2D eigenvalue weighted by atomic mass is 16.3. The second-order valence-electron chi connectivity index (χ2n) is 8.22. The van der Waals surface area contributed by atoms with Crippen molar-refractivity contribution in [2.75, 3.05) is 6.54 Å². The number of benzene rings is 1. The minimum atomic E-state index is -0.527. The topological polar surface area (TPSA) is 55.7 Å². The molecule has 0 bridgehead atoms. The summed E-state index contributed by atoms with van der Waals surface area (Å²) in [4.78, 5) is 2.36. The molecule has 1 aliphatic heterocycles. The van der Waals surface area contributed by atoms with Gasteiger partial charge in [-0.25, -0.2) is 0 Å². The molecule has 1 heterocycles. The summed E-state index contributed by atoms with van der Waals surface area (Å²) in [6.07, 6.45) is 9.22. The van der Waals surface area contributed by atoms with Crippen molar-refractivity contribution in [1.82, 2.24) is 10.2 Å². The number of hydrogen-bond donors (Lipinski definition) is 3. The highest BCUT2D eigenvalue weighted by molar-refractivity contribution is 5.18. The van der Waals surface area contributed by atoms with Gasteiger partial charge >= 0.3 is 0 Å². The average Bonchev–Trinajstić information content (AvgIpc) is 2.68. The molecule has 4 nitrogen and oxygen atoms in total. The van der Waals surface area contributed by atoms with Crippen LogP contribution in [-0.4, -0.2) is 40.2 Å². The molecule has 1 saturated carbocycles. The standard InChI is InChI=1S/C22H36N2O2/c1-17(18-9-3-2-4-10-18)23-21(25)14-7-15-22(26)24-16-8-12-19-11-5-6-13-20(19)24/h2-4,9-10,17,19-23,25-26H,5-8,11-16H2,1H3. The van der Waals surface area contributed by atoms with E-state index in [0.717, 1.165) is 25.3 Å². The molecule has 4 heteroatoms. The molecule has 1 aliphatic carbocycles. The second-order valence-corrected chi connectivity index (χ2v) is 8.22. The van der Waals surface area contributed by atoms with E-state index in [9.17, 15) is 10.2 Å². The van der Waals surface area contributed by atoms with E-state index in [1.807, 2.05) is 18.2 Å². The lowest BCUT2D eigenvalue weighted by molar-refractivity contribution is -0.0758. The Morgan fingerprint density at radius 2 is 1.77 bits per heavy atom. The Bertz CT molecular complexity index is 522. The van der Waals surface area contributed by atoms with E-state index in [0.29, 0.717) is 12.5 Å². The summed E-state index contributed by atoms with van der Waals surface area (Å²) < 4.78 is 0. The summed E-state index contributed by atoms with van der Waals surface area (Å²) >= 11 is 0. The van der Waals surface area contributed by atoms with Gasteiger partial charge < -0.3 is 10.2 Å². The molecule has 1 saturated heterocycles. The summed E-state index contributed by atoms with van der Waals surface area (Å²) in [6, 6.07) is 10.9. The minimum Gasteiger partial charge on any atom is -0.379 e. The van der Waals surface area contributed by atoms with Gasteiger partial charge in [-0.05, 0) is 63.4 Å². The quantitative estimate of drug-likeness (QED) is 0.617. The number of likely N-dealkylation sites (tertiary alicyclic amines) is 1. The number of nitrogens with zero attached hydrogens (tertiary/aromatic N) is 1. The average molecular weight is 361 g/mol. The van der Waals surface area contributed by atoms with E-state index in [2.05, 4.69) is 29.3 Å². The Labute approximate surface area is 158 Å². The highest BCUT2D eigenvalue weighted by Gasteiger charge is 2.35. The third-order valence-electron chi connectivity index (χ3n) is 6.35. The zero-order chi connectivity index (χ0) is 18.4. The monoisotopic (exact) mass is 360 g/mol. The van der Waals surface area contributed by atoms with Gasteiger partial charge in [-0.3, -0.25) is 10.2 Å². The summed E-state index contributed by atoms with van der Waals surface area (Å²) in [6.45, 7) is 3.11. The van der Waals surface area contributed by atoms with E-state index < -0.39 is 6.23 Å². The molecule has 26 heavy (non-hydrogen) atoms. The van der Waals surface area contributed by atoms with Crippen LogP contribution in [0.4, 0.5) is 0 Å². The number of hydrogen-bond acceptors (Lipinski definition) is 4. The summed E-state index contributed by atoms with van der Waals surface area (Å²) in [7, 11) is 0. The van der Waals surface area contributed by atoms with E-state index in [1.54, 1.807) is 0 Å². The molecule has 1 aromatic carbocycles. The number of nitrogens with one attached hydrogen (secondary N) is 1. The van der Waals surface area contributed by atoms with Crippen LogP contribution in [0.15, 0.2) is 30.3 Å². The minimum absolute atomic E-state index is 0.126. The number of aliphatic hydroxyl groups is 2. The van der Waals surface area contributed by atoms with Crippen molar-refractivity contribution in [3.8, 4) is 0 Å². The molecule has 5 unspecified atom stereocenters. The maximum atomic E-state index is 10.7. The number of aliphatic hydroxyl groups excluding tert-OH is 2. The van der Waals surface area contributed by atoms with Crippen molar-refractivity contribution in [2.45, 2.75) is 89.3 Å². The second kappa shape index (κ2) is 9.84. The Balaban J connectivity index is 1.39. The van der Waals surface area contributed by atoms with Crippen molar-refractivity contribution in [3.05, 3.63) is 35.9 Å². The molecule has 0 spiro atoms. The van der Waals surface area contributed by atoms with E-state index in [-0.39, 0.29) is 12.3 Å². The summed E-state index contributed by atoms with van der Waals surface area (Å²) in [5, 5.41) is 24.2. The Kier molecular flexibility index (Phi) is 7.50. The number of piperidine rings is 1. The van der Waals surface area contributed by atoms with Crippen LogP contribution < -0.4 is 5.32 Å². The molecule has 1 aromatic rings. The van der Waals surface area contributed by atoms with Crippen LogP contribution in [0.5, 0.6) is 0 Å². The Hall–Kier alpha value is -0.940. The van der Waals surface area contributed by atoms with Gasteiger partial charge in [0.25, 0.3) is 0 Å². The van der Waals surface area contributed by atoms with Gasteiger partial charge in [0.05, 0.1) is 0 Å². The van der Waals surface area contributed by atoms with Gasteiger partial charge in [0, 0.05) is 18.6 Å². The maximum absolute atomic E-state index is 10.7. The first-order valence-electron chi connectivity index (χ1n) is 10.6. The van der Waals surface area contributed by atoms with Crippen LogP contribution in [0, 0.1) is 5.92 Å². The molecule has 5 atom stereocenters. The van der Waals surface area contributed by atoms with Gasteiger partial charge in [-0.1, -0.05) is 43.2 Å². The predicted molar refractivity (Wildman–Crippen MR) is 106 cm³/mol. The van der Waals surface area contributed by atoms with Crippen molar-refractivity contribution >= 4 is 0 Å². The first-order valence-corrected chi connectivity index (χ1v) is 10.6. The largest absolute Gasteiger partial charge is 0.379 e. The summed E-state index contributed by atoms with van der Waals surface area (Å²) in [5.74, 6) is 0.797. The molecule has 146 valence electrons. The zero-order valence-electron chi connectivity index (χ0n) is 16.2. The third kappa shape index (κ3) is 5.29. The smallest absolute Gasteiger partial charge is 0.107 e. The predicted octanol–water partition coefficient (Wildman–Crippen LogP) is 3.80. The van der Waals surface area contributed by atoms with Crippen LogP contribution in [-0.2, 0) is 0 Å². The van der Waals surface area contributed by atoms with E-state index in [1.165, 1.54) is 44.1 Å². The van der Waals surface area contributed by atoms with E-state index >= 15 is 0 Å². The van der Waals surface area contributed by atoms with Gasteiger partial charge in [0.15, 0.2) is 0 Å². The van der Waals surface area contributed by atoms with Crippen LogP contribution >= 0.6 is 0 Å². The van der Waals surface area contributed by atoms with Crippen LogP contribution in [0.1, 0.15) is 76.3 Å². The summed E-state index contributed by atoms with van der Waals surface area (Å²) in [5.41, 5.74) is 1.18. The molecular formula is C22H36N2O2. The van der Waals surface area contributed by atoms with Gasteiger partial charge in [-0.15, -0.1) is 0 Å². The van der Waals surface area contributed by atoms with Crippen molar-refractivity contribution < 1.29 is 10.2 Å². The zero-order valence-corrected chi connectivity index (χ0v) is 16.2. The Morgan fingerprint density at radius 1 is 1.04 bits per heavy atom. The normalized spacial score (nSPS) is 27.5. The van der Waals surface area contributed by atoms with Crippen molar-refractivity contribution in [2.24, 2.45) is 5.92 Å². The van der Waals surface area contributed by atoms with Gasteiger partial charge in [-0.2, -0.15) is 0 Å². The number of rotatable bonds is 8. The molecule has 0 radical (unpaired) electrons. The fourth-order valence-corrected chi connectivity index (χ4v) is 4.90. The van der Waals surface area contributed by atoms with E-state index in [4.69, 9.17) is 0 Å². The van der Waals surface area contributed by atoms with Crippen LogP contribution in [0.3, 0.4) is 0 Å². The maximum Gasteiger partial charge on any atom is 0.107 e. The Morgan fingerprint density at radius 3 is 2.58 bits per heavy atom. The first kappa shape index (κ1) is 19.8. The fourth-order valence-electron chi connectivity index (χ4n) is 4.90. The SMILES string of the molecule is CC(NC(O)CCCC(O)N1CCCC2CCCCC21)c1ccccc1. The molecule has 0 aromatic heterocycles. The molecule has 3 N–H and O–H groups in total. The van der Waals surface area contributed by atoms with Crippen LogP contribution in [0.2, 0.25) is 0 Å². The van der Waals surface area contributed by atoms with Gasteiger partial charge in [0.2, 0.25) is 0 Å². The fraction of sp³-hybridized carbons (Fsp3) is 0.727. The molecule has 2 fully saturated rings. The van der Waals surface area contributed by atoms with Crippen LogP contribution in [0.25, 0.3) is 0 Å². The lowest BCUT2D eigenvalue weighted by Gasteiger charge is -2.46. The molecule has 0 amide bonds. The van der Waals surface area contributed by atoms with Crippen molar-refractivity contribution in [1.29, 1.82) is 0 Å². The van der Waals surface area contributed by atoms with Gasteiger partial charge in [0.1, 0.15) is 12.5 Å². The molecule has 2 aliphatic rings. The lowest BCUT2D eigenvalue weighted by Crippen LogP contribution is -2.51. The third-order valence-corrected chi connectivity index (χ3v) is 6.35.